The highest BCUT2D eigenvalue weighted by Crippen LogP contribution is 2.19. The second kappa shape index (κ2) is 6.83. The van der Waals surface area contributed by atoms with Crippen LogP contribution in [0.25, 0.3) is 0 Å². The van der Waals surface area contributed by atoms with Crippen molar-refractivity contribution in [2.75, 3.05) is 12.3 Å². The first-order valence-corrected chi connectivity index (χ1v) is 9.25. The van der Waals surface area contributed by atoms with Crippen LogP contribution < -0.4 is 5.32 Å². The number of aromatic nitrogens is 2. The van der Waals surface area contributed by atoms with Crippen molar-refractivity contribution in [3.63, 3.8) is 0 Å². The molecule has 8 heteroatoms. The number of nitrogens with zero attached hydrogens (tertiary/aromatic N) is 2. The van der Waals surface area contributed by atoms with Crippen LogP contribution in [0.5, 0.6) is 0 Å². The zero-order valence-electron chi connectivity index (χ0n) is 12.7. The number of allylic oxidation sites excluding steroid dienone is 1. The minimum absolute atomic E-state index is 0.0324. The van der Waals surface area contributed by atoms with Gasteiger partial charge in [0.05, 0.1) is 22.2 Å². The minimum atomic E-state index is -3.09. The summed E-state index contributed by atoms with van der Waals surface area (Å²) in [6.07, 6.45) is 2.54. The van der Waals surface area contributed by atoms with Crippen LogP contribution in [0.15, 0.2) is 11.5 Å². The number of carbonyl (C=O) groups excluding carboxylic acids is 1. The first-order valence-electron chi connectivity index (χ1n) is 7.15. The summed E-state index contributed by atoms with van der Waals surface area (Å²) >= 11 is 6.07. The van der Waals surface area contributed by atoms with Gasteiger partial charge in [0.15, 0.2) is 9.84 Å². The molecule has 22 heavy (non-hydrogen) atoms. The molecule has 0 radical (unpaired) electrons. The van der Waals surface area contributed by atoms with Crippen LogP contribution in [0.4, 0.5) is 0 Å². The normalized spacial score (nSPS) is 19.5. The molecule has 2 heterocycles. The third-order valence-corrected chi connectivity index (χ3v) is 5.63. The fraction of sp³-hybridized carbons (Fsp3) is 0.571. The molecule has 0 aliphatic carbocycles. The lowest BCUT2D eigenvalue weighted by Gasteiger charge is -2.09. The van der Waals surface area contributed by atoms with Crippen molar-refractivity contribution < 1.29 is 13.2 Å². The van der Waals surface area contributed by atoms with E-state index in [1.807, 2.05) is 18.5 Å². The smallest absolute Gasteiger partial charge is 0.220 e. The average molecular weight is 346 g/mol. The quantitative estimate of drug-likeness (QED) is 0.794. The highest BCUT2D eigenvalue weighted by atomic mass is 35.5. The molecule has 0 saturated carbocycles. The molecule has 0 aromatic carbocycles. The molecule has 6 nitrogen and oxygen atoms in total. The lowest BCUT2D eigenvalue weighted by Crippen LogP contribution is -2.27. The van der Waals surface area contributed by atoms with Gasteiger partial charge in [-0.05, 0) is 20.3 Å². The van der Waals surface area contributed by atoms with Gasteiger partial charge in [0.1, 0.15) is 0 Å². The Hall–Kier alpha value is -1.34. The van der Waals surface area contributed by atoms with E-state index in [0.29, 0.717) is 18.1 Å². The van der Waals surface area contributed by atoms with Gasteiger partial charge in [-0.2, -0.15) is 5.10 Å². The molecular weight excluding hydrogens is 326 g/mol. The fourth-order valence-corrected chi connectivity index (χ4v) is 3.96. The van der Waals surface area contributed by atoms with Gasteiger partial charge in [0.2, 0.25) is 5.91 Å². The van der Waals surface area contributed by atoms with Crippen molar-refractivity contribution >= 4 is 27.3 Å². The molecule has 0 spiro atoms. The van der Waals surface area contributed by atoms with Crippen LogP contribution in [0.3, 0.4) is 0 Å². The summed E-state index contributed by atoms with van der Waals surface area (Å²) in [5.74, 6) is -0.303. The second-order valence-electron chi connectivity index (χ2n) is 5.53. The number of aryl methyl sites for hydroxylation is 2. The maximum atomic E-state index is 11.8. The van der Waals surface area contributed by atoms with Crippen LogP contribution in [-0.4, -0.2) is 36.4 Å². The number of halogens is 1. The molecule has 1 N–H and O–H groups in total. The fourth-order valence-electron chi connectivity index (χ4n) is 2.43. The Kier molecular flexibility index (Phi) is 5.28. The summed E-state index contributed by atoms with van der Waals surface area (Å²) < 4.78 is 24.4. The molecule has 0 unspecified atom stereocenters. The first-order chi connectivity index (χ1) is 10.3. The molecule has 2 rings (SSSR count). The van der Waals surface area contributed by atoms with Gasteiger partial charge in [0, 0.05) is 30.8 Å². The van der Waals surface area contributed by atoms with Gasteiger partial charge in [-0.1, -0.05) is 17.7 Å². The van der Waals surface area contributed by atoms with Crippen LogP contribution >= 0.6 is 11.6 Å². The van der Waals surface area contributed by atoms with E-state index in [1.165, 1.54) is 5.41 Å². The summed E-state index contributed by atoms with van der Waals surface area (Å²) in [6, 6.07) is 0. The van der Waals surface area contributed by atoms with E-state index in [1.54, 1.807) is 6.08 Å². The summed E-state index contributed by atoms with van der Waals surface area (Å²) in [7, 11) is -3.09. The van der Waals surface area contributed by atoms with Crippen LogP contribution in [-0.2, 0) is 21.2 Å². The molecule has 1 aromatic rings. The number of amides is 1. The van der Waals surface area contributed by atoms with Crippen molar-refractivity contribution in [2.45, 2.75) is 33.2 Å². The summed E-state index contributed by atoms with van der Waals surface area (Å²) in [4.78, 5) is 11.8. The van der Waals surface area contributed by atoms with Crippen LogP contribution in [0, 0.1) is 19.8 Å². The van der Waals surface area contributed by atoms with Crippen LogP contribution in [0.1, 0.15) is 24.2 Å². The molecule has 1 aromatic heterocycles. The zero-order chi connectivity index (χ0) is 16.3. The van der Waals surface area contributed by atoms with E-state index in [2.05, 4.69) is 10.4 Å². The lowest BCUT2D eigenvalue weighted by atomic mass is 10.1. The number of hydrogen-bond donors (Lipinski definition) is 1. The standard InChI is InChI=1S/C14H20ClN3O3S/c1-10-14(15)11(2)18(17-10)6-3-5-16-13(19)8-12-4-7-22(20,21)9-12/h4,7,12H,3,5-6,8-9H2,1-2H3,(H,16,19)/t12-/m1/s1. The molecule has 1 amide bonds. The highest BCUT2D eigenvalue weighted by Gasteiger charge is 2.23. The summed E-state index contributed by atoms with van der Waals surface area (Å²) in [5.41, 5.74) is 1.73. The summed E-state index contributed by atoms with van der Waals surface area (Å²) in [5, 5.41) is 9.00. The lowest BCUT2D eigenvalue weighted by molar-refractivity contribution is -0.121. The Morgan fingerprint density at radius 2 is 2.23 bits per heavy atom. The highest BCUT2D eigenvalue weighted by molar-refractivity contribution is 7.94. The average Bonchev–Trinajstić information content (AvgIpc) is 2.89. The molecule has 122 valence electrons. The molecule has 0 saturated heterocycles. The Labute approximate surface area is 135 Å². The first kappa shape index (κ1) is 17.0. The van der Waals surface area contributed by atoms with Gasteiger partial charge in [0.25, 0.3) is 0 Å². The van der Waals surface area contributed by atoms with Gasteiger partial charge in [-0.3, -0.25) is 9.48 Å². The van der Waals surface area contributed by atoms with Crippen molar-refractivity contribution in [1.82, 2.24) is 15.1 Å². The van der Waals surface area contributed by atoms with E-state index >= 15 is 0 Å². The Balaban J connectivity index is 1.69. The van der Waals surface area contributed by atoms with Gasteiger partial charge in [-0.15, -0.1) is 0 Å². The van der Waals surface area contributed by atoms with E-state index in [9.17, 15) is 13.2 Å². The maximum absolute atomic E-state index is 11.8. The van der Waals surface area contributed by atoms with Gasteiger partial charge in [-0.25, -0.2) is 8.42 Å². The van der Waals surface area contributed by atoms with E-state index in [0.717, 1.165) is 17.8 Å². The number of nitrogens with one attached hydrogen (secondary N) is 1. The van der Waals surface area contributed by atoms with Gasteiger partial charge < -0.3 is 5.32 Å². The maximum Gasteiger partial charge on any atom is 0.220 e. The Bertz CT molecular complexity index is 694. The molecule has 1 atom stereocenters. The monoisotopic (exact) mass is 345 g/mol. The van der Waals surface area contributed by atoms with Gasteiger partial charge >= 0.3 is 0 Å². The Morgan fingerprint density at radius 3 is 2.77 bits per heavy atom. The SMILES string of the molecule is Cc1nn(CCCNC(=O)C[C@H]2C=CS(=O)(=O)C2)c(C)c1Cl. The van der Waals surface area contributed by atoms with Crippen molar-refractivity contribution in [3.8, 4) is 0 Å². The second-order valence-corrected chi connectivity index (χ2v) is 7.84. The molecule has 0 bridgehead atoms. The Morgan fingerprint density at radius 1 is 1.50 bits per heavy atom. The molecule has 1 aliphatic heterocycles. The molecular formula is C14H20ClN3O3S. The van der Waals surface area contributed by atoms with Crippen molar-refractivity contribution in [2.24, 2.45) is 5.92 Å². The number of carbonyl (C=O) groups is 1. The topological polar surface area (TPSA) is 81.1 Å². The predicted octanol–water partition coefficient (Wildman–Crippen LogP) is 1.61. The molecule has 1 aliphatic rings. The number of hydrogen-bond acceptors (Lipinski definition) is 4. The van der Waals surface area contributed by atoms with Crippen molar-refractivity contribution in [3.05, 3.63) is 27.9 Å². The van der Waals surface area contributed by atoms with E-state index < -0.39 is 9.84 Å². The predicted molar refractivity (Wildman–Crippen MR) is 85.4 cm³/mol. The third-order valence-electron chi connectivity index (χ3n) is 3.61. The van der Waals surface area contributed by atoms with Crippen LogP contribution in [0.2, 0.25) is 5.02 Å². The number of sulfone groups is 1. The zero-order valence-corrected chi connectivity index (χ0v) is 14.2. The van der Waals surface area contributed by atoms with E-state index in [4.69, 9.17) is 11.6 Å². The number of rotatable bonds is 6. The summed E-state index contributed by atoms with van der Waals surface area (Å²) in [6.45, 7) is 4.97. The molecule has 0 fully saturated rings. The third kappa shape index (κ3) is 4.33. The van der Waals surface area contributed by atoms with E-state index in [-0.39, 0.29) is 24.0 Å². The minimum Gasteiger partial charge on any atom is -0.356 e. The van der Waals surface area contributed by atoms with Crippen molar-refractivity contribution in [1.29, 1.82) is 0 Å². The largest absolute Gasteiger partial charge is 0.356 e.